The second-order valence-electron chi connectivity index (χ2n) is 3.95. The van der Waals surface area contributed by atoms with Gasteiger partial charge in [0.2, 0.25) is 10.0 Å². The zero-order valence-electron chi connectivity index (χ0n) is 10.5. The standard InChI is InChI=1S/C12H17N3O2S/c1-14-7-4-8-15(18(2,16)17)12-6-3-5-11(9-12)10-13/h3,5-6,9,14H,4,7-8H2,1-2H3. The molecule has 6 heteroatoms. The van der Waals surface area contributed by atoms with Gasteiger partial charge < -0.3 is 5.32 Å². The van der Waals surface area contributed by atoms with Crippen molar-refractivity contribution in [3.8, 4) is 6.07 Å². The van der Waals surface area contributed by atoms with Gasteiger partial charge in [-0.3, -0.25) is 4.31 Å². The summed E-state index contributed by atoms with van der Waals surface area (Å²) in [6.45, 7) is 1.14. The van der Waals surface area contributed by atoms with Gasteiger partial charge in [0.15, 0.2) is 0 Å². The fraction of sp³-hybridized carbons (Fsp3) is 0.417. The largest absolute Gasteiger partial charge is 0.320 e. The molecule has 1 aromatic rings. The summed E-state index contributed by atoms with van der Waals surface area (Å²) in [5.41, 5.74) is 0.988. The van der Waals surface area contributed by atoms with Crippen molar-refractivity contribution in [1.29, 1.82) is 5.26 Å². The number of nitrogens with one attached hydrogen (secondary N) is 1. The summed E-state index contributed by atoms with van der Waals surface area (Å²) in [6.07, 6.45) is 1.88. The Hall–Kier alpha value is -1.58. The van der Waals surface area contributed by atoms with Crippen molar-refractivity contribution in [3.05, 3.63) is 29.8 Å². The minimum atomic E-state index is -3.33. The molecule has 0 aliphatic carbocycles. The normalized spacial score (nSPS) is 10.9. The summed E-state index contributed by atoms with van der Waals surface area (Å²) in [4.78, 5) is 0. The van der Waals surface area contributed by atoms with E-state index in [1.807, 2.05) is 13.1 Å². The lowest BCUT2D eigenvalue weighted by atomic mass is 10.2. The molecule has 0 aliphatic rings. The molecule has 98 valence electrons. The Morgan fingerprint density at radius 1 is 1.44 bits per heavy atom. The number of hydrogen-bond donors (Lipinski definition) is 1. The van der Waals surface area contributed by atoms with Gasteiger partial charge >= 0.3 is 0 Å². The average molecular weight is 267 g/mol. The van der Waals surface area contributed by atoms with Gasteiger partial charge in [-0.2, -0.15) is 5.26 Å². The lowest BCUT2D eigenvalue weighted by Gasteiger charge is -2.22. The number of nitrogens with zero attached hydrogens (tertiary/aromatic N) is 2. The molecule has 0 aromatic heterocycles. The molecule has 0 bridgehead atoms. The molecule has 0 atom stereocenters. The van der Waals surface area contributed by atoms with Crippen LogP contribution in [0.4, 0.5) is 5.69 Å². The fourth-order valence-electron chi connectivity index (χ4n) is 1.62. The van der Waals surface area contributed by atoms with Crippen LogP contribution in [-0.4, -0.2) is 34.8 Å². The molecule has 1 rings (SSSR count). The molecule has 0 amide bonds. The predicted octanol–water partition coefficient (Wildman–Crippen LogP) is 0.934. The summed E-state index contributed by atoms with van der Waals surface area (Å²) in [5.74, 6) is 0. The highest BCUT2D eigenvalue weighted by Crippen LogP contribution is 2.19. The maximum atomic E-state index is 11.7. The third-order valence-electron chi connectivity index (χ3n) is 2.45. The molecule has 18 heavy (non-hydrogen) atoms. The molecule has 1 N–H and O–H groups in total. The third kappa shape index (κ3) is 4.02. The van der Waals surface area contributed by atoms with Gasteiger partial charge in [0.05, 0.1) is 23.6 Å². The van der Waals surface area contributed by atoms with Crippen LogP contribution in [0.1, 0.15) is 12.0 Å². The van der Waals surface area contributed by atoms with Gasteiger partial charge in [0.1, 0.15) is 0 Å². The van der Waals surface area contributed by atoms with Crippen LogP contribution in [0.5, 0.6) is 0 Å². The van der Waals surface area contributed by atoms with Crippen LogP contribution in [0.25, 0.3) is 0 Å². The number of sulfonamides is 1. The van der Waals surface area contributed by atoms with Crippen LogP contribution >= 0.6 is 0 Å². The Bertz CT molecular complexity index is 534. The highest BCUT2D eigenvalue weighted by Gasteiger charge is 2.16. The number of nitriles is 1. The zero-order chi connectivity index (χ0) is 13.6. The molecular formula is C12H17N3O2S. The topological polar surface area (TPSA) is 73.2 Å². The molecule has 0 unspecified atom stereocenters. The van der Waals surface area contributed by atoms with Crippen LogP contribution in [-0.2, 0) is 10.0 Å². The first kappa shape index (κ1) is 14.5. The van der Waals surface area contributed by atoms with Crippen LogP contribution in [0.3, 0.4) is 0 Å². The lowest BCUT2D eigenvalue weighted by molar-refractivity contribution is 0.594. The highest BCUT2D eigenvalue weighted by atomic mass is 32.2. The first-order valence-electron chi connectivity index (χ1n) is 5.61. The molecule has 1 aromatic carbocycles. The maximum absolute atomic E-state index is 11.7. The molecule has 0 aliphatic heterocycles. The van der Waals surface area contributed by atoms with E-state index in [0.29, 0.717) is 24.2 Å². The van der Waals surface area contributed by atoms with Crippen molar-refractivity contribution >= 4 is 15.7 Å². The molecule has 0 spiro atoms. The summed E-state index contributed by atoms with van der Waals surface area (Å²) < 4.78 is 24.8. The summed E-state index contributed by atoms with van der Waals surface area (Å²) in [7, 11) is -1.51. The van der Waals surface area contributed by atoms with Crippen molar-refractivity contribution in [2.45, 2.75) is 6.42 Å². The minimum Gasteiger partial charge on any atom is -0.320 e. The van der Waals surface area contributed by atoms with Crippen molar-refractivity contribution < 1.29 is 8.42 Å². The Kier molecular flexibility index (Phi) is 5.13. The van der Waals surface area contributed by atoms with E-state index >= 15 is 0 Å². The van der Waals surface area contributed by atoms with Gasteiger partial charge in [-0.05, 0) is 38.2 Å². The summed E-state index contributed by atoms with van der Waals surface area (Å²) in [5, 5.41) is 11.8. The lowest BCUT2D eigenvalue weighted by Crippen LogP contribution is -2.32. The van der Waals surface area contributed by atoms with Crippen LogP contribution in [0.2, 0.25) is 0 Å². The highest BCUT2D eigenvalue weighted by molar-refractivity contribution is 7.92. The molecule has 0 radical (unpaired) electrons. The van der Waals surface area contributed by atoms with E-state index in [1.165, 1.54) is 10.6 Å². The number of benzene rings is 1. The molecule has 0 saturated carbocycles. The smallest absolute Gasteiger partial charge is 0.232 e. The average Bonchev–Trinajstić information content (AvgIpc) is 2.33. The first-order valence-corrected chi connectivity index (χ1v) is 7.46. The van der Waals surface area contributed by atoms with Gasteiger partial charge in [0, 0.05) is 6.54 Å². The molecule has 0 saturated heterocycles. The van der Waals surface area contributed by atoms with E-state index in [2.05, 4.69) is 5.32 Å². The molecule has 5 nitrogen and oxygen atoms in total. The number of anilines is 1. The third-order valence-corrected chi connectivity index (χ3v) is 3.65. The quantitative estimate of drug-likeness (QED) is 0.778. The van der Waals surface area contributed by atoms with Gasteiger partial charge in [-0.1, -0.05) is 6.07 Å². The number of rotatable bonds is 6. The van der Waals surface area contributed by atoms with Gasteiger partial charge in [-0.15, -0.1) is 0 Å². The van der Waals surface area contributed by atoms with E-state index in [9.17, 15) is 8.42 Å². The van der Waals surface area contributed by atoms with Crippen molar-refractivity contribution in [2.75, 3.05) is 30.7 Å². The van der Waals surface area contributed by atoms with E-state index in [-0.39, 0.29) is 0 Å². The zero-order valence-corrected chi connectivity index (χ0v) is 11.4. The first-order chi connectivity index (χ1) is 8.49. The van der Waals surface area contributed by atoms with Gasteiger partial charge in [-0.25, -0.2) is 8.42 Å². The molecule has 0 fully saturated rings. The van der Waals surface area contributed by atoms with Crippen LogP contribution in [0, 0.1) is 11.3 Å². The van der Waals surface area contributed by atoms with Crippen molar-refractivity contribution in [3.63, 3.8) is 0 Å². The Labute approximate surface area is 108 Å². The predicted molar refractivity (Wildman–Crippen MR) is 71.9 cm³/mol. The van der Waals surface area contributed by atoms with Crippen LogP contribution in [0.15, 0.2) is 24.3 Å². The van der Waals surface area contributed by atoms with E-state index in [1.54, 1.807) is 24.3 Å². The maximum Gasteiger partial charge on any atom is 0.232 e. The summed E-state index contributed by atoms with van der Waals surface area (Å²) >= 11 is 0. The fourth-order valence-corrected chi connectivity index (χ4v) is 2.57. The van der Waals surface area contributed by atoms with Crippen molar-refractivity contribution in [2.24, 2.45) is 0 Å². The SMILES string of the molecule is CNCCCN(c1cccc(C#N)c1)S(C)(=O)=O. The molecule has 0 heterocycles. The molecular weight excluding hydrogens is 250 g/mol. The number of hydrogen-bond acceptors (Lipinski definition) is 4. The summed E-state index contributed by atoms with van der Waals surface area (Å²) in [6, 6.07) is 8.62. The Morgan fingerprint density at radius 3 is 2.72 bits per heavy atom. The second-order valence-corrected chi connectivity index (χ2v) is 5.86. The monoisotopic (exact) mass is 267 g/mol. The minimum absolute atomic E-state index is 0.397. The van der Waals surface area contributed by atoms with E-state index < -0.39 is 10.0 Å². The Balaban J connectivity index is 2.99. The van der Waals surface area contributed by atoms with Crippen LogP contribution < -0.4 is 9.62 Å². The Morgan fingerprint density at radius 2 is 2.17 bits per heavy atom. The van der Waals surface area contributed by atoms with Crippen molar-refractivity contribution in [1.82, 2.24) is 5.32 Å². The second kappa shape index (κ2) is 6.38. The van der Waals surface area contributed by atoms with Gasteiger partial charge in [0.25, 0.3) is 0 Å². The van der Waals surface area contributed by atoms with E-state index in [0.717, 1.165) is 6.54 Å². The van der Waals surface area contributed by atoms with E-state index in [4.69, 9.17) is 5.26 Å².